The molecule has 22 heavy (non-hydrogen) atoms. The second-order valence-electron chi connectivity index (χ2n) is 6.02. The first-order chi connectivity index (χ1) is 10.2. The number of rotatable bonds is 4. The minimum atomic E-state index is -3.24. The minimum absolute atomic E-state index is 0.0270. The van der Waals surface area contributed by atoms with Crippen molar-refractivity contribution in [1.82, 2.24) is 19.4 Å². The first kappa shape index (κ1) is 17.0. The molecule has 1 aliphatic heterocycles. The monoisotopic (exact) mass is 328 g/mol. The van der Waals surface area contributed by atoms with Crippen LogP contribution in [0.15, 0.2) is 0 Å². The Morgan fingerprint density at radius 3 is 2.64 bits per heavy atom. The summed E-state index contributed by atoms with van der Waals surface area (Å²) in [6.45, 7) is 4.97. The van der Waals surface area contributed by atoms with Crippen LogP contribution in [0.4, 0.5) is 0 Å². The van der Waals surface area contributed by atoms with Crippen molar-refractivity contribution in [2.24, 2.45) is 7.05 Å². The lowest BCUT2D eigenvalue weighted by Crippen LogP contribution is -2.49. The van der Waals surface area contributed by atoms with Gasteiger partial charge in [-0.05, 0) is 26.7 Å². The topological polar surface area (TPSA) is 84.3 Å². The fourth-order valence-electron chi connectivity index (χ4n) is 2.94. The highest BCUT2D eigenvalue weighted by atomic mass is 32.2. The van der Waals surface area contributed by atoms with Crippen LogP contribution in [0.3, 0.4) is 0 Å². The van der Waals surface area contributed by atoms with Gasteiger partial charge in [0.1, 0.15) is 0 Å². The number of sulfonamides is 1. The summed E-state index contributed by atoms with van der Waals surface area (Å²) in [7, 11) is -1.38. The number of amides is 1. The Balaban J connectivity index is 2.03. The Labute approximate surface area is 131 Å². The van der Waals surface area contributed by atoms with Gasteiger partial charge in [-0.25, -0.2) is 13.1 Å². The zero-order chi connectivity index (χ0) is 16.5. The number of likely N-dealkylation sites (tertiary alicyclic amines) is 1. The summed E-state index contributed by atoms with van der Waals surface area (Å²) in [6, 6.07) is -0.191. The van der Waals surface area contributed by atoms with Crippen molar-refractivity contribution in [1.29, 1.82) is 0 Å². The number of carbonyl (C=O) groups excluding carboxylic acids is 1. The van der Waals surface area contributed by atoms with Crippen LogP contribution < -0.4 is 4.72 Å². The third-order valence-electron chi connectivity index (χ3n) is 4.14. The van der Waals surface area contributed by atoms with Crippen LogP contribution in [0.2, 0.25) is 0 Å². The van der Waals surface area contributed by atoms with Crippen LogP contribution in [0.25, 0.3) is 0 Å². The number of hydrogen-bond donors (Lipinski definition) is 1. The van der Waals surface area contributed by atoms with E-state index in [9.17, 15) is 13.2 Å². The van der Waals surface area contributed by atoms with Crippen molar-refractivity contribution >= 4 is 15.9 Å². The standard InChI is InChI=1S/C14H24N4O3S/c1-10-13(11(2)17(3)15-10)8-14(19)18-7-5-6-12(9-18)16-22(4,20)21/h12,16H,5-9H2,1-4H3. The molecule has 1 aliphatic rings. The number of piperidine rings is 1. The molecular formula is C14H24N4O3S. The van der Waals surface area contributed by atoms with E-state index in [0.29, 0.717) is 19.5 Å². The van der Waals surface area contributed by atoms with Crippen molar-refractivity contribution < 1.29 is 13.2 Å². The van der Waals surface area contributed by atoms with Crippen molar-refractivity contribution in [3.8, 4) is 0 Å². The van der Waals surface area contributed by atoms with Gasteiger partial charge in [-0.2, -0.15) is 5.10 Å². The zero-order valence-corrected chi connectivity index (χ0v) is 14.4. The van der Waals surface area contributed by atoms with Crippen molar-refractivity contribution in [3.05, 3.63) is 17.0 Å². The van der Waals surface area contributed by atoms with E-state index >= 15 is 0 Å². The first-order valence-electron chi connectivity index (χ1n) is 7.41. The van der Waals surface area contributed by atoms with Crippen molar-refractivity contribution in [2.45, 2.75) is 39.2 Å². The highest BCUT2D eigenvalue weighted by Gasteiger charge is 2.26. The lowest BCUT2D eigenvalue weighted by atomic mass is 10.0. The normalized spacial score (nSPS) is 19.5. The van der Waals surface area contributed by atoms with Gasteiger partial charge in [0.15, 0.2) is 0 Å². The predicted molar refractivity (Wildman–Crippen MR) is 84.0 cm³/mol. The molecule has 0 aromatic carbocycles. The number of aryl methyl sites for hydroxylation is 2. The molecule has 0 spiro atoms. The quantitative estimate of drug-likeness (QED) is 0.851. The van der Waals surface area contributed by atoms with Gasteiger partial charge in [-0.3, -0.25) is 9.48 Å². The second kappa shape index (κ2) is 6.37. The summed E-state index contributed by atoms with van der Waals surface area (Å²) in [5.74, 6) is 0.0270. The number of nitrogens with one attached hydrogen (secondary N) is 1. The van der Waals surface area contributed by atoms with Crippen LogP contribution in [-0.2, 0) is 28.3 Å². The fraction of sp³-hybridized carbons (Fsp3) is 0.714. The van der Waals surface area contributed by atoms with Crippen LogP contribution >= 0.6 is 0 Å². The smallest absolute Gasteiger partial charge is 0.227 e. The van der Waals surface area contributed by atoms with Gasteiger partial charge in [0.05, 0.1) is 18.4 Å². The Morgan fingerprint density at radius 2 is 2.09 bits per heavy atom. The Hall–Kier alpha value is -1.41. The molecule has 1 aromatic heterocycles. The fourth-order valence-corrected chi connectivity index (χ4v) is 3.74. The molecule has 1 fully saturated rings. The molecule has 0 radical (unpaired) electrons. The van der Waals surface area contributed by atoms with Gasteiger partial charge in [-0.15, -0.1) is 0 Å². The van der Waals surface area contributed by atoms with Gasteiger partial charge in [0, 0.05) is 37.4 Å². The van der Waals surface area contributed by atoms with E-state index in [-0.39, 0.29) is 11.9 Å². The van der Waals surface area contributed by atoms with E-state index in [4.69, 9.17) is 0 Å². The zero-order valence-electron chi connectivity index (χ0n) is 13.6. The van der Waals surface area contributed by atoms with E-state index in [0.717, 1.165) is 36.0 Å². The average Bonchev–Trinajstić information content (AvgIpc) is 2.63. The molecule has 2 heterocycles. The number of nitrogens with zero attached hydrogens (tertiary/aromatic N) is 3. The molecule has 0 bridgehead atoms. The molecule has 1 atom stereocenters. The lowest BCUT2D eigenvalue weighted by Gasteiger charge is -2.32. The molecule has 8 heteroatoms. The van der Waals surface area contributed by atoms with Gasteiger partial charge in [-0.1, -0.05) is 0 Å². The van der Waals surface area contributed by atoms with E-state index < -0.39 is 10.0 Å². The van der Waals surface area contributed by atoms with Crippen molar-refractivity contribution in [3.63, 3.8) is 0 Å². The largest absolute Gasteiger partial charge is 0.341 e. The SMILES string of the molecule is Cc1nn(C)c(C)c1CC(=O)N1CCCC(NS(C)(=O)=O)C1. The molecule has 1 saturated heterocycles. The molecule has 0 saturated carbocycles. The molecule has 1 amide bonds. The van der Waals surface area contributed by atoms with Crippen LogP contribution in [0.1, 0.15) is 29.8 Å². The summed E-state index contributed by atoms with van der Waals surface area (Å²) in [4.78, 5) is 14.3. The number of hydrogen-bond acceptors (Lipinski definition) is 4. The van der Waals surface area contributed by atoms with Crippen LogP contribution in [0.5, 0.6) is 0 Å². The molecular weight excluding hydrogens is 304 g/mol. The van der Waals surface area contributed by atoms with Gasteiger partial charge >= 0.3 is 0 Å². The van der Waals surface area contributed by atoms with E-state index in [1.165, 1.54) is 0 Å². The number of aromatic nitrogens is 2. The second-order valence-corrected chi connectivity index (χ2v) is 7.80. The molecule has 1 N–H and O–H groups in total. The number of carbonyl (C=O) groups is 1. The summed E-state index contributed by atoms with van der Waals surface area (Å²) in [5, 5.41) is 4.33. The van der Waals surface area contributed by atoms with Crippen LogP contribution in [-0.4, -0.2) is 54.4 Å². The first-order valence-corrected chi connectivity index (χ1v) is 9.30. The molecule has 124 valence electrons. The summed E-state index contributed by atoms with van der Waals surface area (Å²) in [6.07, 6.45) is 3.04. The average molecular weight is 328 g/mol. The maximum Gasteiger partial charge on any atom is 0.227 e. The predicted octanol–water partition coefficient (Wildman–Crippen LogP) is 0.120. The Bertz CT molecular complexity index is 666. The van der Waals surface area contributed by atoms with Gasteiger partial charge < -0.3 is 4.90 Å². The molecule has 1 aromatic rings. The summed E-state index contributed by atoms with van der Waals surface area (Å²) in [5.41, 5.74) is 2.83. The lowest BCUT2D eigenvalue weighted by molar-refractivity contribution is -0.131. The van der Waals surface area contributed by atoms with Crippen molar-refractivity contribution in [2.75, 3.05) is 19.3 Å². The maximum absolute atomic E-state index is 12.5. The maximum atomic E-state index is 12.5. The van der Waals surface area contributed by atoms with Crippen LogP contribution in [0, 0.1) is 13.8 Å². The molecule has 2 rings (SSSR count). The summed E-state index contributed by atoms with van der Waals surface area (Å²) < 4.78 is 27.0. The minimum Gasteiger partial charge on any atom is -0.341 e. The third kappa shape index (κ3) is 4.07. The molecule has 1 unspecified atom stereocenters. The van der Waals surface area contributed by atoms with E-state index in [2.05, 4.69) is 9.82 Å². The third-order valence-corrected chi connectivity index (χ3v) is 4.90. The highest BCUT2D eigenvalue weighted by Crippen LogP contribution is 2.16. The Morgan fingerprint density at radius 1 is 1.41 bits per heavy atom. The Kier molecular flexibility index (Phi) is 4.91. The molecule has 7 nitrogen and oxygen atoms in total. The highest BCUT2D eigenvalue weighted by molar-refractivity contribution is 7.88. The summed E-state index contributed by atoms with van der Waals surface area (Å²) >= 11 is 0. The van der Waals surface area contributed by atoms with E-state index in [1.54, 1.807) is 9.58 Å². The van der Waals surface area contributed by atoms with E-state index in [1.807, 2.05) is 20.9 Å². The molecule has 0 aliphatic carbocycles. The van der Waals surface area contributed by atoms with Gasteiger partial charge in [0.2, 0.25) is 15.9 Å². The van der Waals surface area contributed by atoms with Gasteiger partial charge in [0.25, 0.3) is 0 Å².